The van der Waals surface area contributed by atoms with E-state index in [0.717, 1.165) is 5.56 Å². The van der Waals surface area contributed by atoms with Crippen molar-refractivity contribution in [1.82, 2.24) is 25.5 Å². The highest BCUT2D eigenvalue weighted by molar-refractivity contribution is 6.36. The quantitative estimate of drug-likeness (QED) is 0.907. The van der Waals surface area contributed by atoms with Crippen molar-refractivity contribution in [2.45, 2.75) is 19.9 Å². The summed E-state index contributed by atoms with van der Waals surface area (Å²) >= 11 is 12.1. The first kappa shape index (κ1) is 15.5. The first-order valence-electron chi connectivity index (χ1n) is 6.14. The lowest BCUT2D eigenvalue weighted by Crippen LogP contribution is -2.32. The lowest BCUT2D eigenvalue weighted by molar-refractivity contribution is 0.248. The Morgan fingerprint density at radius 3 is 2.67 bits per heavy atom. The fourth-order valence-corrected chi connectivity index (χ4v) is 2.19. The number of carbonyl (C=O) groups is 1. The topological polar surface area (TPSA) is 84.7 Å². The zero-order valence-electron chi connectivity index (χ0n) is 11.7. The van der Waals surface area contributed by atoms with E-state index >= 15 is 0 Å². The molecule has 2 amide bonds. The van der Waals surface area contributed by atoms with Gasteiger partial charge in [-0.1, -0.05) is 23.2 Å². The van der Waals surface area contributed by atoms with Crippen molar-refractivity contribution in [3.63, 3.8) is 0 Å². The Kier molecular flexibility index (Phi) is 4.64. The summed E-state index contributed by atoms with van der Waals surface area (Å²) in [6.07, 6.45) is 0. The van der Waals surface area contributed by atoms with Gasteiger partial charge in [-0.2, -0.15) is 0 Å². The molecule has 0 aliphatic heterocycles. The van der Waals surface area contributed by atoms with Crippen LogP contribution in [0.25, 0.3) is 0 Å². The van der Waals surface area contributed by atoms with Gasteiger partial charge in [-0.15, -0.1) is 5.10 Å². The Bertz CT molecular complexity index is 672. The number of benzene rings is 1. The van der Waals surface area contributed by atoms with Gasteiger partial charge in [-0.3, -0.25) is 0 Å². The zero-order chi connectivity index (χ0) is 15.6. The molecule has 2 aromatic rings. The van der Waals surface area contributed by atoms with Gasteiger partial charge < -0.3 is 10.6 Å². The molecule has 0 aliphatic carbocycles. The number of urea groups is 1. The highest BCUT2D eigenvalue weighted by Gasteiger charge is 2.16. The molecular formula is C12H14Cl2N6O. The highest BCUT2D eigenvalue weighted by atomic mass is 35.5. The van der Waals surface area contributed by atoms with Gasteiger partial charge in [0.15, 0.2) is 5.82 Å². The largest absolute Gasteiger partial charge is 0.328 e. The van der Waals surface area contributed by atoms with E-state index in [9.17, 15) is 4.79 Å². The second-order valence-corrected chi connectivity index (χ2v) is 5.38. The van der Waals surface area contributed by atoms with Crippen LogP contribution in [0.2, 0.25) is 10.0 Å². The maximum absolute atomic E-state index is 12.0. The molecule has 112 valence electrons. The van der Waals surface area contributed by atoms with Crippen LogP contribution in [0.5, 0.6) is 0 Å². The van der Waals surface area contributed by atoms with Gasteiger partial charge in [-0.05, 0) is 42.0 Å². The van der Waals surface area contributed by atoms with Crippen LogP contribution in [0, 0.1) is 6.92 Å². The standard InChI is InChI=1S/C12H14Cl2N6O/c1-6-4-9(14)10(5-8(6)13)16-12(21)15-7(2)11-17-18-19-20(11)3/h4-5,7H,1-3H3,(H2,15,16,21)/t7-/m0/s1. The average Bonchev–Trinajstić information content (AvgIpc) is 2.82. The molecule has 0 radical (unpaired) electrons. The van der Waals surface area contributed by atoms with Crippen molar-refractivity contribution in [1.29, 1.82) is 0 Å². The summed E-state index contributed by atoms with van der Waals surface area (Å²) in [4.78, 5) is 12.0. The summed E-state index contributed by atoms with van der Waals surface area (Å²) in [6.45, 7) is 3.61. The number of anilines is 1. The predicted molar refractivity (Wildman–Crippen MR) is 80.6 cm³/mol. The molecule has 21 heavy (non-hydrogen) atoms. The summed E-state index contributed by atoms with van der Waals surface area (Å²) in [6, 6.07) is 2.51. The van der Waals surface area contributed by atoms with E-state index in [4.69, 9.17) is 23.2 Å². The molecule has 1 aromatic heterocycles. The normalized spacial score (nSPS) is 12.0. The second-order valence-electron chi connectivity index (χ2n) is 4.56. The lowest BCUT2D eigenvalue weighted by atomic mass is 10.2. The monoisotopic (exact) mass is 328 g/mol. The minimum Gasteiger partial charge on any atom is -0.328 e. The van der Waals surface area contributed by atoms with E-state index in [-0.39, 0.29) is 6.04 Å². The summed E-state index contributed by atoms with van der Waals surface area (Å²) in [7, 11) is 1.70. The number of aryl methyl sites for hydroxylation is 2. The maximum Gasteiger partial charge on any atom is 0.319 e. The summed E-state index contributed by atoms with van der Waals surface area (Å²) < 4.78 is 1.49. The third kappa shape index (κ3) is 3.62. The molecule has 2 rings (SSSR count). The number of aromatic nitrogens is 4. The van der Waals surface area contributed by atoms with Gasteiger partial charge in [0, 0.05) is 12.1 Å². The molecule has 2 N–H and O–H groups in total. The third-order valence-electron chi connectivity index (χ3n) is 2.88. The first-order chi connectivity index (χ1) is 9.88. The molecule has 9 heteroatoms. The predicted octanol–water partition coefficient (Wildman–Crippen LogP) is 2.71. The lowest BCUT2D eigenvalue weighted by Gasteiger charge is -2.14. The van der Waals surface area contributed by atoms with E-state index in [1.165, 1.54) is 4.68 Å². The van der Waals surface area contributed by atoms with Crippen molar-refractivity contribution >= 4 is 34.9 Å². The van der Waals surface area contributed by atoms with Gasteiger partial charge >= 0.3 is 6.03 Å². The van der Waals surface area contributed by atoms with Crippen molar-refractivity contribution in [2.24, 2.45) is 7.05 Å². The number of carbonyl (C=O) groups excluding carboxylic acids is 1. The van der Waals surface area contributed by atoms with Gasteiger partial charge in [0.05, 0.1) is 16.8 Å². The Labute approximate surface area is 131 Å². The number of halogens is 2. The SMILES string of the molecule is Cc1cc(Cl)c(NC(=O)N[C@@H](C)c2nnnn2C)cc1Cl. The van der Waals surface area contributed by atoms with Gasteiger partial charge in [0.2, 0.25) is 0 Å². The Hall–Kier alpha value is -1.86. The minimum atomic E-state index is -0.424. The van der Waals surface area contributed by atoms with Crippen LogP contribution in [0.4, 0.5) is 10.5 Å². The number of hydrogen-bond donors (Lipinski definition) is 2. The van der Waals surface area contributed by atoms with Crippen LogP contribution in [-0.4, -0.2) is 26.2 Å². The van der Waals surface area contributed by atoms with Crippen LogP contribution in [0.3, 0.4) is 0 Å². The van der Waals surface area contributed by atoms with E-state index in [1.807, 2.05) is 6.92 Å². The van der Waals surface area contributed by atoms with Crippen molar-refractivity contribution in [3.8, 4) is 0 Å². The van der Waals surface area contributed by atoms with Crippen LogP contribution < -0.4 is 10.6 Å². The molecule has 1 aromatic carbocycles. The molecule has 0 bridgehead atoms. The first-order valence-corrected chi connectivity index (χ1v) is 6.89. The van der Waals surface area contributed by atoms with Gasteiger partial charge in [-0.25, -0.2) is 9.48 Å². The molecule has 0 fully saturated rings. The van der Waals surface area contributed by atoms with Crippen LogP contribution in [-0.2, 0) is 7.05 Å². The number of tetrazole rings is 1. The highest BCUT2D eigenvalue weighted by Crippen LogP contribution is 2.28. The number of amides is 2. The molecular weight excluding hydrogens is 315 g/mol. The third-order valence-corrected chi connectivity index (χ3v) is 3.60. The molecule has 1 atom stereocenters. The summed E-state index contributed by atoms with van der Waals surface area (Å²) in [5.74, 6) is 0.540. The smallest absolute Gasteiger partial charge is 0.319 e. The Morgan fingerprint density at radius 1 is 1.33 bits per heavy atom. The van der Waals surface area contributed by atoms with E-state index in [2.05, 4.69) is 26.2 Å². The molecule has 1 heterocycles. The number of nitrogens with zero attached hydrogens (tertiary/aromatic N) is 4. The number of rotatable bonds is 3. The fourth-order valence-electron chi connectivity index (χ4n) is 1.76. The summed E-state index contributed by atoms with van der Waals surface area (Å²) in [5, 5.41) is 17.4. The van der Waals surface area contributed by atoms with Crippen LogP contribution >= 0.6 is 23.2 Å². The Morgan fingerprint density at radius 2 is 2.05 bits per heavy atom. The van der Waals surface area contributed by atoms with Crippen LogP contribution in [0.1, 0.15) is 24.4 Å². The van der Waals surface area contributed by atoms with Crippen molar-refractivity contribution in [2.75, 3.05) is 5.32 Å². The molecule has 7 nitrogen and oxygen atoms in total. The van der Waals surface area contributed by atoms with E-state index in [0.29, 0.717) is 21.6 Å². The van der Waals surface area contributed by atoms with Crippen LogP contribution in [0.15, 0.2) is 12.1 Å². The number of nitrogens with one attached hydrogen (secondary N) is 2. The number of hydrogen-bond acceptors (Lipinski definition) is 4. The molecule has 0 spiro atoms. The fraction of sp³-hybridized carbons (Fsp3) is 0.333. The maximum atomic E-state index is 12.0. The molecule has 0 saturated carbocycles. The second kappa shape index (κ2) is 6.28. The Balaban J connectivity index is 2.05. The minimum absolute atomic E-state index is 0.357. The zero-order valence-corrected chi connectivity index (χ0v) is 13.2. The summed E-state index contributed by atoms with van der Waals surface area (Å²) in [5.41, 5.74) is 1.28. The van der Waals surface area contributed by atoms with Gasteiger partial charge in [0.1, 0.15) is 0 Å². The van der Waals surface area contributed by atoms with Crippen molar-refractivity contribution < 1.29 is 4.79 Å². The van der Waals surface area contributed by atoms with Crippen molar-refractivity contribution in [3.05, 3.63) is 33.6 Å². The van der Waals surface area contributed by atoms with Gasteiger partial charge in [0.25, 0.3) is 0 Å². The average molecular weight is 329 g/mol. The molecule has 0 unspecified atom stereocenters. The molecule has 0 saturated heterocycles. The van der Waals surface area contributed by atoms with E-state index in [1.54, 1.807) is 26.1 Å². The molecule has 0 aliphatic rings. The van der Waals surface area contributed by atoms with E-state index < -0.39 is 6.03 Å².